The van der Waals surface area contributed by atoms with Gasteiger partial charge in [-0.2, -0.15) is 0 Å². The first-order valence-electron chi connectivity index (χ1n) is 9.35. The third-order valence-electron chi connectivity index (χ3n) is 4.59. The molecule has 0 fully saturated rings. The van der Waals surface area contributed by atoms with Gasteiger partial charge in [0.25, 0.3) is 11.8 Å². The van der Waals surface area contributed by atoms with Gasteiger partial charge in [0.05, 0.1) is 21.8 Å². The molecule has 1 aromatic heterocycles. The first-order valence-corrected chi connectivity index (χ1v) is 9.73. The van der Waals surface area contributed by atoms with Gasteiger partial charge in [0.2, 0.25) is 0 Å². The molecule has 30 heavy (non-hydrogen) atoms. The van der Waals surface area contributed by atoms with Crippen molar-refractivity contribution in [2.24, 2.45) is 0 Å². The van der Waals surface area contributed by atoms with Crippen molar-refractivity contribution in [3.63, 3.8) is 0 Å². The predicted octanol–water partition coefficient (Wildman–Crippen LogP) is 5.70. The van der Waals surface area contributed by atoms with E-state index >= 15 is 0 Å². The Morgan fingerprint density at radius 1 is 0.833 bits per heavy atom. The Balaban J connectivity index is 1.56. The van der Waals surface area contributed by atoms with E-state index in [9.17, 15) is 9.59 Å². The van der Waals surface area contributed by atoms with Crippen LogP contribution in [-0.4, -0.2) is 16.8 Å². The minimum Gasteiger partial charge on any atom is -0.322 e. The van der Waals surface area contributed by atoms with Gasteiger partial charge in [0, 0.05) is 22.3 Å². The van der Waals surface area contributed by atoms with Gasteiger partial charge in [-0.15, -0.1) is 0 Å². The lowest BCUT2D eigenvalue weighted by atomic mass is 10.1. The number of benzene rings is 3. The van der Waals surface area contributed by atoms with Gasteiger partial charge in [0.15, 0.2) is 0 Å². The zero-order valence-electron chi connectivity index (χ0n) is 16.1. The van der Waals surface area contributed by atoms with Gasteiger partial charge in [-0.25, -0.2) is 0 Å². The summed E-state index contributed by atoms with van der Waals surface area (Å²) in [7, 11) is 0. The minimum absolute atomic E-state index is 0.278. The van der Waals surface area contributed by atoms with Gasteiger partial charge in [-0.1, -0.05) is 48.0 Å². The summed E-state index contributed by atoms with van der Waals surface area (Å²) < 4.78 is 0. The van der Waals surface area contributed by atoms with E-state index in [1.165, 1.54) is 0 Å². The van der Waals surface area contributed by atoms with Crippen molar-refractivity contribution in [3.8, 4) is 0 Å². The van der Waals surface area contributed by atoms with Gasteiger partial charge >= 0.3 is 0 Å². The summed E-state index contributed by atoms with van der Waals surface area (Å²) in [5.41, 5.74) is 3.61. The number of anilines is 2. The molecule has 0 aliphatic heterocycles. The average Bonchev–Trinajstić information content (AvgIpc) is 2.74. The smallest absolute Gasteiger partial charge is 0.257 e. The van der Waals surface area contributed by atoms with Gasteiger partial charge < -0.3 is 10.6 Å². The highest BCUT2D eigenvalue weighted by Gasteiger charge is 2.13. The normalized spacial score (nSPS) is 10.6. The van der Waals surface area contributed by atoms with Crippen LogP contribution in [0.1, 0.15) is 26.4 Å². The van der Waals surface area contributed by atoms with Crippen LogP contribution in [-0.2, 0) is 0 Å². The van der Waals surface area contributed by atoms with Crippen LogP contribution in [0.4, 0.5) is 11.4 Å². The first kappa shape index (κ1) is 19.6. The highest BCUT2D eigenvalue weighted by atomic mass is 35.5. The molecule has 0 saturated carbocycles. The van der Waals surface area contributed by atoms with Crippen molar-refractivity contribution in [1.82, 2.24) is 4.98 Å². The maximum atomic E-state index is 12.9. The number of halogens is 1. The monoisotopic (exact) mass is 415 g/mol. The lowest BCUT2D eigenvalue weighted by Gasteiger charge is -2.11. The van der Waals surface area contributed by atoms with Crippen LogP contribution < -0.4 is 10.6 Å². The lowest BCUT2D eigenvalue weighted by molar-refractivity contribution is 0.101. The van der Waals surface area contributed by atoms with Crippen molar-refractivity contribution in [2.75, 3.05) is 10.6 Å². The third-order valence-corrected chi connectivity index (χ3v) is 4.92. The number of aryl methyl sites for hydroxylation is 1. The Labute approximate surface area is 178 Å². The van der Waals surface area contributed by atoms with Crippen molar-refractivity contribution in [1.29, 1.82) is 0 Å². The maximum absolute atomic E-state index is 12.9. The predicted molar refractivity (Wildman–Crippen MR) is 120 cm³/mol. The second kappa shape index (κ2) is 8.35. The molecule has 0 unspecified atom stereocenters. The number of aromatic nitrogens is 1. The molecule has 4 rings (SSSR count). The summed E-state index contributed by atoms with van der Waals surface area (Å²) in [6.07, 6.45) is 0. The van der Waals surface area contributed by atoms with Gasteiger partial charge in [-0.05, 0) is 49.4 Å². The fourth-order valence-corrected chi connectivity index (χ4v) is 3.41. The molecule has 148 valence electrons. The molecular formula is C24H18ClN3O2. The second-order valence-corrected chi connectivity index (χ2v) is 7.20. The first-order chi connectivity index (χ1) is 14.5. The number of nitrogens with zero attached hydrogens (tertiary/aromatic N) is 1. The molecule has 0 radical (unpaired) electrons. The fraction of sp³-hybridized carbons (Fsp3) is 0.0417. The van der Waals surface area contributed by atoms with Crippen LogP contribution in [0.25, 0.3) is 10.9 Å². The molecule has 6 heteroatoms. The number of rotatable bonds is 4. The quantitative estimate of drug-likeness (QED) is 0.449. The molecule has 0 saturated heterocycles. The number of fused-ring (bicyclic) bond motifs is 1. The Morgan fingerprint density at radius 3 is 2.43 bits per heavy atom. The average molecular weight is 416 g/mol. The van der Waals surface area contributed by atoms with Crippen LogP contribution >= 0.6 is 11.6 Å². The maximum Gasteiger partial charge on any atom is 0.257 e. The fourth-order valence-electron chi connectivity index (χ4n) is 3.19. The molecule has 2 amide bonds. The summed E-state index contributed by atoms with van der Waals surface area (Å²) in [4.78, 5) is 29.8. The van der Waals surface area contributed by atoms with E-state index in [2.05, 4.69) is 15.6 Å². The van der Waals surface area contributed by atoms with Crippen molar-refractivity contribution in [2.45, 2.75) is 6.92 Å². The Morgan fingerprint density at radius 2 is 1.60 bits per heavy atom. The van der Waals surface area contributed by atoms with E-state index in [0.717, 1.165) is 16.6 Å². The van der Waals surface area contributed by atoms with Crippen LogP contribution in [0, 0.1) is 6.92 Å². The second-order valence-electron chi connectivity index (χ2n) is 6.80. The van der Waals surface area contributed by atoms with E-state index in [1.54, 1.807) is 48.5 Å². The molecule has 5 nitrogen and oxygen atoms in total. The van der Waals surface area contributed by atoms with Crippen LogP contribution in [0.15, 0.2) is 78.9 Å². The van der Waals surface area contributed by atoms with Crippen molar-refractivity contribution < 1.29 is 9.59 Å². The number of pyridine rings is 1. The molecule has 0 spiro atoms. The molecule has 0 atom stereocenters. The minimum atomic E-state index is -0.339. The molecule has 4 aromatic rings. The van der Waals surface area contributed by atoms with Crippen LogP contribution in [0.5, 0.6) is 0 Å². The summed E-state index contributed by atoms with van der Waals surface area (Å²) in [6, 6.07) is 23.0. The highest BCUT2D eigenvalue weighted by Crippen LogP contribution is 2.24. The number of para-hydroxylation sites is 1. The van der Waals surface area contributed by atoms with E-state index in [0.29, 0.717) is 27.5 Å². The third kappa shape index (κ3) is 4.16. The number of carbonyl (C=O) groups excluding carboxylic acids is 2. The molecule has 0 aliphatic carbocycles. The topological polar surface area (TPSA) is 71.1 Å². The number of amides is 2. The molecule has 2 N–H and O–H groups in total. The van der Waals surface area contributed by atoms with E-state index < -0.39 is 0 Å². The van der Waals surface area contributed by atoms with Crippen molar-refractivity contribution >= 4 is 45.7 Å². The summed E-state index contributed by atoms with van der Waals surface area (Å²) >= 11 is 6.09. The zero-order chi connectivity index (χ0) is 21.1. The number of hydrogen-bond donors (Lipinski definition) is 2. The molecular weight excluding hydrogens is 398 g/mol. The number of hydrogen-bond acceptors (Lipinski definition) is 3. The zero-order valence-corrected chi connectivity index (χ0v) is 16.9. The summed E-state index contributed by atoms with van der Waals surface area (Å²) in [5, 5.41) is 6.96. The van der Waals surface area contributed by atoms with Gasteiger partial charge in [-0.3, -0.25) is 14.6 Å². The van der Waals surface area contributed by atoms with Crippen LogP contribution in [0.2, 0.25) is 5.02 Å². The molecule has 0 aliphatic rings. The largest absolute Gasteiger partial charge is 0.322 e. The lowest BCUT2D eigenvalue weighted by Crippen LogP contribution is -2.15. The molecule has 0 bridgehead atoms. The standard InChI is InChI=1S/C24H18ClN3O2/c1-15-13-22(19-10-3-5-12-21(19)26-15)28-23(29)16-7-6-8-17(14-16)27-24(30)18-9-2-4-11-20(18)25/h2-14H,1H3,(H,27,30)(H,26,28,29). The molecule has 3 aromatic carbocycles. The molecule has 1 heterocycles. The number of carbonyl (C=O) groups is 2. The highest BCUT2D eigenvalue weighted by molar-refractivity contribution is 6.34. The van der Waals surface area contributed by atoms with Crippen molar-refractivity contribution in [3.05, 3.63) is 101 Å². The van der Waals surface area contributed by atoms with E-state index in [-0.39, 0.29) is 11.8 Å². The van der Waals surface area contributed by atoms with E-state index in [4.69, 9.17) is 11.6 Å². The summed E-state index contributed by atoms with van der Waals surface area (Å²) in [6.45, 7) is 1.88. The Bertz CT molecular complexity index is 1270. The van der Waals surface area contributed by atoms with Gasteiger partial charge in [0.1, 0.15) is 0 Å². The van der Waals surface area contributed by atoms with Crippen LogP contribution in [0.3, 0.4) is 0 Å². The Hall–Kier alpha value is -3.70. The SMILES string of the molecule is Cc1cc(NC(=O)c2cccc(NC(=O)c3ccccc3Cl)c2)c2ccccc2n1. The number of nitrogens with one attached hydrogen (secondary N) is 2. The Kier molecular flexibility index (Phi) is 5.46. The summed E-state index contributed by atoms with van der Waals surface area (Å²) in [5.74, 6) is -0.617. The van der Waals surface area contributed by atoms with E-state index in [1.807, 2.05) is 37.3 Å².